The normalized spacial score (nSPS) is 11.5. The lowest BCUT2D eigenvalue weighted by Crippen LogP contribution is -2.46. The monoisotopic (exact) mass is 515 g/mol. The van der Waals surface area contributed by atoms with Gasteiger partial charge in [0.25, 0.3) is 5.91 Å². The number of carboxylic acids is 2. The molecule has 2 aromatic rings. The van der Waals surface area contributed by atoms with Crippen molar-refractivity contribution in [2.75, 3.05) is 18.5 Å². The Morgan fingerprint density at radius 1 is 0.973 bits per heavy atom. The summed E-state index contributed by atoms with van der Waals surface area (Å²) in [7, 11) is 0. The number of urea groups is 1. The summed E-state index contributed by atoms with van der Waals surface area (Å²) in [6.45, 7) is 0.719. The Balaban J connectivity index is 1.59. The summed E-state index contributed by atoms with van der Waals surface area (Å²) < 4.78 is 12.9. The molecule has 1 unspecified atom stereocenters. The Kier molecular flexibility index (Phi) is 12.0. The second-order valence-electron chi connectivity index (χ2n) is 7.89. The first-order valence-electron chi connectivity index (χ1n) is 11.5. The third-order valence-corrected chi connectivity index (χ3v) is 4.96. The van der Waals surface area contributed by atoms with Gasteiger partial charge in [-0.2, -0.15) is 5.10 Å². The second kappa shape index (κ2) is 15.4. The summed E-state index contributed by atoms with van der Waals surface area (Å²) in [5, 5.41) is 29.2. The average Bonchev–Trinajstić information content (AvgIpc) is 2.87. The zero-order valence-corrected chi connectivity index (χ0v) is 19.9. The van der Waals surface area contributed by atoms with Gasteiger partial charge in [0, 0.05) is 25.7 Å². The predicted molar refractivity (Wildman–Crippen MR) is 133 cm³/mol. The Labute approximate surface area is 212 Å². The molecule has 2 rings (SSSR count). The van der Waals surface area contributed by atoms with Crippen LogP contribution >= 0.6 is 0 Å². The molecule has 0 radical (unpaired) electrons. The number of pyridine rings is 1. The van der Waals surface area contributed by atoms with Crippen molar-refractivity contribution in [2.24, 2.45) is 5.10 Å². The molecule has 13 heteroatoms. The molecule has 3 amide bonds. The minimum Gasteiger partial charge on any atom is -0.481 e. The Bertz CT molecular complexity index is 1080. The summed E-state index contributed by atoms with van der Waals surface area (Å²) in [5.41, 5.74) is 3.81. The highest BCUT2D eigenvalue weighted by atomic mass is 18.2. The number of anilines is 1. The first kappa shape index (κ1) is 28.7. The van der Waals surface area contributed by atoms with Gasteiger partial charge < -0.3 is 26.2 Å². The molecule has 0 aliphatic rings. The molecule has 0 spiro atoms. The maximum atomic E-state index is 12.9. The molecule has 0 saturated heterocycles. The number of amides is 3. The van der Waals surface area contributed by atoms with Crippen molar-refractivity contribution >= 4 is 35.9 Å². The van der Waals surface area contributed by atoms with Crippen molar-refractivity contribution in [2.45, 2.75) is 38.1 Å². The fourth-order valence-electron chi connectivity index (χ4n) is 2.98. The van der Waals surface area contributed by atoms with Crippen LogP contribution in [0.1, 0.15) is 48.0 Å². The number of nitrogens with zero attached hydrogens (tertiary/aromatic N) is 2. The smallest absolute Gasteiger partial charge is 0.326 e. The number of carboxylic acid groups (broad SMARTS) is 2. The second-order valence-corrected chi connectivity index (χ2v) is 7.89. The average molecular weight is 516 g/mol. The van der Waals surface area contributed by atoms with Gasteiger partial charge in [-0.05, 0) is 55.5 Å². The number of hydrogen-bond donors (Lipinski definition) is 6. The lowest BCUT2D eigenvalue weighted by atomic mass is 10.1. The van der Waals surface area contributed by atoms with E-state index in [4.69, 9.17) is 10.2 Å². The largest absolute Gasteiger partial charge is 0.481 e. The molecule has 0 fully saturated rings. The molecule has 1 aromatic carbocycles. The molecular weight excluding hydrogens is 486 g/mol. The third kappa shape index (κ3) is 11.6. The molecule has 37 heavy (non-hydrogen) atoms. The van der Waals surface area contributed by atoms with Gasteiger partial charge >= 0.3 is 18.0 Å². The Hall–Kier alpha value is -4.55. The molecule has 0 bridgehead atoms. The molecule has 0 aliphatic heterocycles. The number of benzene rings is 1. The third-order valence-electron chi connectivity index (χ3n) is 4.96. The highest BCUT2D eigenvalue weighted by Crippen LogP contribution is 2.06. The Morgan fingerprint density at radius 3 is 2.30 bits per heavy atom. The number of aromatic nitrogens is 1. The maximum Gasteiger partial charge on any atom is 0.326 e. The van der Waals surface area contributed by atoms with Gasteiger partial charge in [0.1, 0.15) is 17.7 Å². The van der Waals surface area contributed by atoms with Crippen LogP contribution in [-0.4, -0.2) is 64.4 Å². The highest BCUT2D eigenvalue weighted by Gasteiger charge is 2.20. The van der Waals surface area contributed by atoms with E-state index in [2.05, 4.69) is 31.5 Å². The van der Waals surface area contributed by atoms with Gasteiger partial charge in [-0.3, -0.25) is 15.0 Å². The van der Waals surface area contributed by atoms with Crippen LogP contribution < -0.4 is 21.4 Å². The molecule has 1 aromatic heterocycles. The van der Waals surface area contributed by atoms with Crippen LogP contribution in [0.3, 0.4) is 0 Å². The highest BCUT2D eigenvalue weighted by molar-refractivity contribution is 5.94. The van der Waals surface area contributed by atoms with Crippen molar-refractivity contribution in [1.82, 2.24) is 20.9 Å². The van der Waals surface area contributed by atoms with E-state index in [-0.39, 0.29) is 24.6 Å². The van der Waals surface area contributed by atoms with Crippen LogP contribution in [0.5, 0.6) is 0 Å². The van der Waals surface area contributed by atoms with Crippen molar-refractivity contribution in [3.63, 3.8) is 0 Å². The minimum atomic E-state index is -1.30. The van der Waals surface area contributed by atoms with Crippen molar-refractivity contribution < 1.29 is 33.8 Å². The van der Waals surface area contributed by atoms with E-state index in [0.29, 0.717) is 49.3 Å². The first-order valence-corrected chi connectivity index (χ1v) is 11.5. The van der Waals surface area contributed by atoms with Crippen molar-refractivity contribution in [1.29, 1.82) is 0 Å². The first-order chi connectivity index (χ1) is 17.7. The number of carbonyl (C=O) groups is 4. The number of rotatable bonds is 15. The standard InChI is InChI=1S/C24H29FN6O6/c25-18-7-4-16(5-8-18)14-29-31-20-10-6-17(15-28-20)22(34)26-12-2-1-3-13-27-24(37)30-19(23(35)36)9-11-21(32)33/h4-8,10,14-15,19H,1-3,9,11-13H2,(H,26,34)(H,28,31)(H,32,33)(H,35,36)(H2,27,30,37)/b29-14-/i25-1. The van der Waals surface area contributed by atoms with E-state index >= 15 is 0 Å². The summed E-state index contributed by atoms with van der Waals surface area (Å²) in [4.78, 5) is 49.8. The van der Waals surface area contributed by atoms with E-state index in [9.17, 15) is 23.6 Å². The SMILES string of the molecule is O=C(O)CCC(NC(=O)NCCCCCNC(=O)c1ccc(N/N=C\c2ccc([18F])cc2)nc1)C(=O)O. The van der Waals surface area contributed by atoms with Gasteiger partial charge in [0.15, 0.2) is 0 Å². The molecule has 6 N–H and O–H groups in total. The fourth-order valence-corrected chi connectivity index (χ4v) is 2.98. The number of halogens is 1. The fraction of sp³-hybridized carbons (Fsp3) is 0.333. The number of aliphatic carboxylic acids is 2. The van der Waals surface area contributed by atoms with Gasteiger partial charge in [-0.25, -0.2) is 19.0 Å². The molecule has 0 aliphatic carbocycles. The summed E-state index contributed by atoms with van der Waals surface area (Å²) >= 11 is 0. The number of nitrogens with one attached hydrogen (secondary N) is 4. The van der Waals surface area contributed by atoms with Gasteiger partial charge in [-0.1, -0.05) is 12.1 Å². The van der Waals surface area contributed by atoms with E-state index in [1.165, 1.54) is 24.5 Å². The topological polar surface area (TPSA) is 182 Å². The van der Waals surface area contributed by atoms with Crippen LogP contribution in [0.25, 0.3) is 0 Å². The molecule has 0 saturated carbocycles. The van der Waals surface area contributed by atoms with E-state index in [0.717, 1.165) is 0 Å². The van der Waals surface area contributed by atoms with Crippen LogP contribution in [0.15, 0.2) is 47.7 Å². The lowest BCUT2D eigenvalue weighted by Gasteiger charge is -2.14. The molecule has 198 valence electrons. The summed E-state index contributed by atoms with van der Waals surface area (Å²) in [5.74, 6) is -2.63. The maximum absolute atomic E-state index is 12.9. The van der Waals surface area contributed by atoms with Crippen molar-refractivity contribution in [3.05, 3.63) is 59.5 Å². The van der Waals surface area contributed by atoms with E-state index in [1.807, 2.05) is 0 Å². The minimum absolute atomic E-state index is 0.210. The van der Waals surface area contributed by atoms with Crippen molar-refractivity contribution in [3.8, 4) is 0 Å². The number of carbonyl (C=O) groups excluding carboxylic acids is 2. The number of unbranched alkanes of at least 4 members (excludes halogenated alkanes) is 2. The summed E-state index contributed by atoms with van der Waals surface area (Å²) in [6, 6.07) is 7.06. The van der Waals surface area contributed by atoms with Gasteiger partial charge in [0.2, 0.25) is 0 Å². The number of hydrogen-bond acceptors (Lipinski definition) is 7. The molecule has 1 heterocycles. The van der Waals surface area contributed by atoms with Crippen LogP contribution in [0.4, 0.5) is 15.0 Å². The van der Waals surface area contributed by atoms with Crippen LogP contribution in [-0.2, 0) is 9.59 Å². The zero-order valence-electron chi connectivity index (χ0n) is 19.9. The summed E-state index contributed by atoms with van der Waals surface area (Å²) in [6.07, 6.45) is 4.32. The van der Waals surface area contributed by atoms with Gasteiger partial charge in [0.05, 0.1) is 11.8 Å². The quantitative estimate of drug-likeness (QED) is 0.118. The lowest BCUT2D eigenvalue weighted by molar-refractivity contribution is -0.140. The Morgan fingerprint density at radius 2 is 1.68 bits per heavy atom. The van der Waals surface area contributed by atoms with E-state index in [1.54, 1.807) is 24.3 Å². The molecule has 1 atom stereocenters. The van der Waals surface area contributed by atoms with Gasteiger partial charge in [-0.15, -0.1) is 0 Å². The van der Waals surface area contributed by atoms with Crippen LogP contribution in [0.2, 0.25) is 0 Å². The zero-order chi connectivity index (χ0) is 27.0. The molecular formula is C24H29FN6O6. The number of hydrazone groups is 1. The predicted octanol–water partition coefficient (Wildman–Crippen LogP) is 2.18. The van der Waals surface area contributed by atoms with E-state index < -0.39 is 24.0 Å². The molecule has 12 nitrogen and oxygen atoms in total. The van der Waals surface area contributed by atoms with Crippen LogP contribution in [0, 0.1) is 5.82 Å².